The molecule has 0 saturated carbocycles. The van der Waals surface area contributed by atoms with Crippen LogP contribution in [-0.4, -0.2) is 15.0 Å². The van der Waals surface area contributed by atoms with Gasteiger partial charge in [0, 0.05) is 26.5 Å². The van der Waals surface area contributed by atoms with Crippen LogP contribution in [0.2, 0.25) is 0 Å². The van der Waals surface area contributed by atoms with Crippen LogP contribution < -0.4 is 0 Å². The molecule has 4 heteroatoms. The van der Waals surface area contributed by atoms with E-state index in [1.165, 1.54) is 37.9 Å². The van der Waals surface area contributed by atoms with Crippen molar-refractivity contribution >= 4 is 22.5 Å². The number of fused-ring (bicyclic) bond motifs is 4. The minimum atomic E-state index is 0.646. The highest BCUT2D eigenvalue weighted by Crippen LogP contribution is 2.50. The highest BCUT2D eigenvalue weighted by molar-refractivity contribution is 7.99. The smallest absolute Gasteiger partial charge is 0.165 e. The van der Waals surface area contributed by atoms with Gasteiger partial charge < -0.3 is 0 Å². The van der Waals surface area contributed by atoms with Crippen LogP contribution in [-0.2, 0) is 0 Å². The Bertz CT molecular complexity index is 2430. The van der Waals surface area contributed by atoms with Gasteiger partial charge in [0.25, 0.3) is 0 Å². The van der Waals surface area contributed by atoms with Crippen LogP contribution >= 0.6 is 11.8 Å². The Morgan fingerprint density at radius 2 is 0.851 bits per heavy atom. The first-order valence-electron chi connectivity index (χ1n) is 15.7. The van der Waals surface area contributed by atoms with Crippen LogP contribution in [0.1, 0.15) is 0 Å². The Hall–Kier alpha value is -5.84. The fourth-order valence-electron chi connectivity index (χ4n) is 6.52. The maximum absolute atomic E-state index is 5.21. The lowest BCUT2D eigenvalue weighted by Gasteiger charge is -2.22. The standard InChI is InChI=1S/C43H27N3S/c1-3-13-28(14-4-1)31-19-9-20-32(27-31)42-44-41(30-15-5-2-6-16-30)45-43(46-42)37-25-12-24-36-35-23-11-18-29-17-10-22-34(39(29)35)33-21-7-8-26-38(33)47-40(36)37/h1-27H. The Kier molecular flexibility index (Phi) is 6.72. The quantitative estimate of drug-likeness (QED) is 0.197. The number of hydrogen-bond donors (Lipinski definition) is 0. The van der Waals surface area contributed by atoms with Gasteiger partial charge in [0.2, 0.25) is 0 Å². The van der Waals surface area contributed by atoms with Crippen molar-refractivity contribution in [3.05, 3.63) is 164 Å². The SMILES string of the molecule is c1ccc(-c2cccc(-c3nc(-c4ccccc4)nc(-c4cccc5c4Sc4ccccc4-c4cccc6cccc-5c46)n3)c2)cc1. The summed E-state index contributed by atoms with van der Waals surface area (Å²) in [6.45, 7) is 0. The largest absolute Gasteiger partial charge is 0.208 e. The summed E-state index contributed by atoms with van der Waals surface area (Å²) >= 11 is 1.79. The highest BCUT2D eigenvalue weighted by Gasteiger charge is 2.24. The number of rotatable bonds is 4. The van der Waals surface area contributed by atoms with Gasteiger partial charge in [0.1, 0.15) is 0 Å². The lowest BCUT2D eigenvalue weighted by atomic mass is 9.90. The van der Waals surface area contributed by atoms with E-state index in [0.717, 1.165) is 32.7 Å². The molecule has 2 heterocycles. The van der Waals surface area contributed by atoms with Crippen molar-refractivity contribution in [3.63, 3.8) is 0 Å². The summed E-state index contributed by atoms with van der Waals surface area (Å²) < 4.78 is 0. The minimum absolute atomic E-state index is 0.646. The second-order valence-corrected chi connectivity index (χ2v) is 12.7. The summed E-state index contributed by atoms with van der Waals surface area (Å²) in [5, 5.41) is 2.49. The molecule has 8 aromatic rings. The first-order chi connectivity index (χ1) is 23.3. The maximum atomic E-state index is 5.21. The van der Waals surface area contributed by atoms with Crippen LogP contribution in [0, 0.1) is 0 Å². The van der Waals surface area contributed by atoms with Crippen molar-refractivity contribution in [2.45, 2.75) is 9.79 Å². The summed E-state index contributed by atoms with van der Waals surface area (Å²) in [5.41, 5.74) is 10.0. The summed E-state index contributed by atoms with van der Waals surface area (Å²) in [6, 6.07) is 57.5. The average Bonchev–Trinajstić information content (AvgIpc) is 3.15. The van der Waals surface area contributed by atoms with Gasteiger partial charge in [-0.2, -0.15) is 0 Å². The zero-order valence-electron chi connectivity index (χ0n) is 25.3. The van der Waals surface area contributed by atoms with E-state index < -0.39 is 0 Å². The predicted octanol–water partition coefficient (Wildman–Crippen LogP) is 11.5. The van der Waals surface area contributed by atoms with Crippen molar-refractivity contribution in [2.24, 2.45) is 0 Å². The lowest BCUT2D eigenvalue weighted by molar-refractivity contribution is 1.07. The molecular weight excluding hydrogens is 591 g/mol. The number of nitrogens with zero attached hydrogens (tertiary/aromatic N) is 3. The monoisotopic (exact) mass is 617 g/mol. The molecular formula is C43H27N3S. The van der Waals surface area contributed by atoms with Crippen molar-refractivity contribution in [2.75, 3.05) is 0 Å². The molecule has 0 bridgehead atoms. The van der Waals surface area contributed by atoms with E-state index in [4.69, 9.17) is 15.0 Å². The van der Waals surface area contributed by atoms with Gasteiger partial charge >= 0.3 is 0 Å². The third kappa shape index (κ3) is 4.91. The molecule has 3 nitrogen and oxygen atoms in total. The van der Waals surface area contributed by atoms with Crippen LogP contribution in [0.3, 0.4) is 0 Å². The molecule has 220 valence electrons. The first-order valence-corrected chi connectivity index (χ1v) is 16.5. The van der Waals surface area contributed by atoms with Gasteiger partial charge in [-0.3, -0.25) is 0 Å². The van der Waals surface area contributed by atoms with E-state index in [1.807, 2.05) is 24.3 Å². The summed E-state index contributed by atoms with van der Waals surface area (Å²) in [4.78, 5) is 17.8. The predicted molar refractivity (Wildman–Crippen MR) is 194 cm³/mol. The molecule has 0 unspecified atom stereocenters. The van der Waals surface area contributed by atoms with Gasteiger partial charge in [-0.25, -0.2) is 15.0 Å². The highest BCUT2D eigenvalue weighted by atomic mass is 32.2. The van der Waals surface area contributed by atoms with E-state index in [2.05, 4.69) is 140 Å². The zero-order chi connectivity index (χ0) is 31.2. The molecule has 0 saturated heterocycles. The molecule has 0 aliphatic carbocycles. The Balaban J connectivity index is 1.30. The van der Waals surface area contributed by atoms with E-state index in [-0.39, 0.29) is 0 Å². The molecule has 0 N–H and O–H groups in total. The number of hydrogen-bond acceptors (Lipinski definition) is 4. The van der Waals surface area contributed by atoms with E-state index in [0.29, 0.717) is 17.5 Å². The Morgan fingerprint density at radius 3 is 1.64 bits per heavy atom. The molecule has 0 atom stereocenters. The molecule has 47 heavy (non-hydrogen) atoms. The summed E-state index contributed by atoms with van der Waals surface area (Å²) in [6.07, 6.45) is 0. The van der Waals surface area contributed by atoms with Crippen LogP contribution in [0.15, 0.2) is 174 Å². The van der Waals surface area contributed by atoms with Crippen LogP contribution in [0.5, 0.6) is 0 Å². The summed E-state index contributed by atoms with van der Waals surface area (Å²) in [5.74, 6) is 1.95. The van der Waals surface area contributed by atoms with Gasteiger partial charge in [-0.05, 0) is 62.4 Å². The first kappa shape index (κ1) is 27.5. The normalized spacial score (nSPS) is 11.7. The Labute approximate surface area is 277 Å². The molecule has 1 aromatic heterocycles. The van der Waals surface area contributed by atoms with E-state index in [9.17, 15) is 0 Å². The topological polar surface area (TPSA) is 38.7 Å². The van der Waals surface area contributed by atoms with Crippen molar-refractivity contribution in [3.8, 4) is 67.5 Å². The van der Waals surface area contributed by atoms with Crippen molar-refractivity contribution in [1.82, 2.24) is 15.0 Å². The van der Waals surface area contributed by atoms with E-state index in [1.54, 1.807) is 11.8 Å². The van der Waals surface area contributed by atoms with Gasteiger partial charge in [0.05, 0.1) is 0 Å². The molecule has 1 aliphatic heterocycles. The zero-order valence-corrected chi connectivity index (χ0v) is 26.2. The fourth-order valence-corrected chi connectivity index (χ4v) is 7.74. The third-order valence-electron chi connectivity index (χ3n) is 8.74. The molecule has 0 amide bonds. The molecule has 0 spiro atoms. The van der Waals surface area contributed by atoms with Crippen LogP contribution in [0.4, 0.5) is 0 Å². The minimum Gasteiger partial charge on any atom is -0.208 e. The molecule has 9 rings (SSSR count). The number of benzene rings is 7. The number of aromatic nitrogens is 3. The third-order valence-corrected chi connectivity index (χ3v) is 9.96. The Morgan fingerprint density at radius 1 is 0.340 bits per heavy atom. The fraction of sp³-hybridized carbons (Fsp3) is 0. The molecule has 0 radical (unpaired) electrons. The van der Waals surface area contributed by atoms with E-state index >= 15 is 0 Å². The lowest BCUT2D eigenvalue weighted by Crippen LogP contribution is -2.02. The van der Waals surface area contributed by atoms with Crippen LogP contribution in [0.25, 0.3) is 78.3 Å². The molecule has 0 fully saturated rings. The van der Waals surface area contributed by atoms with Gasteiger partial charge in [-0.1, -0.05) is 157 Å². The molecule has 7 aromatic carbocycles. The second-order valence-electron chi connectivity index (χ2n) is 11.6. The van der Waals surface area contributed by atoms with Crippen molar-refractivity contribution in [1.29, 1.82) is 0 Å². The van der Waals surface area contributed by atoms with Gasteiger partial charge in [-0.15, -0.1) is 0 Å². The van der Waals surface area contributed by atoms with Gasteiger partial charge in [0.15, 0.2) is 17.5 Å². The van der Waals surface area contributed by atoms with Crippen molar-refractivity contribution < 1.29 is 0 Å². The maximum Gasteiger partial charge on any atom is 0.165 e. The average molecular weight is 618 g/mol. The summed E-state index contributed by atoms with van der Waals surface area (Å²) in [7, 11) is 0. The molecule has 1 aliphatic rings. The second kappa shape index (κ2) is 11.5.